The van der Waals surface area contributed by atoms with E-state index in [2.05, 4.69) is 102 Å². The van der Waals surface area contributed by atoms with Crippen molar-refractivity contribution in [1.82, 2.24) is 0 Å². The standard InChI is InChI=1S/C34H70O4Si2/c1-19-20-29(37-39(15,16)33(9,10)11)27(4)22-25(2)21-26(3)23-28(5)30(24-36-31(35)32(6,7)8)38-40(17,18)34(12,13)14/h19,25-30H,1,20-24H2,2-18H3/t25-,26+,27-,28-,29-,30-/m0/s1. The molecule has 6 atom stereocenters. The molecule has 0 aromatic rings. The first-order chi connectivity index (χ1) is 17.7. The Morgan fingerprint density at radius 2 is 1.07 bits per heavy atom. The van der Waals surface area contributed by atoms with Crippen LogP contribution in [0.25, 0.3) is 0 Å². The summed E-state index contributed by atoms with van der Waals surface area (Å²) >= 11 is 0. The average molecular weight is 599 g/mol. The third kappa shape index (κ3) is 13.3. The Bertz CT molecular complexity index is 770. The van der Waals surface area contributed by atoms with Crippen LogP contribution in [-0.2, 0) is 18.4 Å². The van der Waals surface area contributed by atoms with Crippen LogP contribution in [-0.4, -0.2) is 41.4 Å². The third-order valence-electron chi connectivity index (χ3n) is 9.52. The highest BCUT2D eigenvalue weighted by Gasteiger charge is 2.42. The second-order valence-corrected chi connectivity index (χ2v) is 26.6. The molecule has 40 heavy (non-hydrogen) atoms. The number of ether oxygens (including phenoxy) is 1. The molecule has 0 radical (unpaired) electrons. The number of hydrogen-bond donors (Lipinski definition) is 0. The fraction of sp³-hybridized carbons (Fsp3) is 0.912. The number of hydrogen-bond acceptors (Lipinski definition) is 4. The van der Waals surface area contributed by atoms with E-state index in [-0.39, 0.29) is 28.3 Å². The van der Waals surface area contributed by atoms with Gasteiger partial charge in [0.2, 0.25) is 0 Å². The summed E-state index contributed by atoms with van der Waals surface area (Å²) in [5.41, 5.74) is -0.512. The van der Waals surface area contributed by atoms with Gasteiger partial charge < -0.3 is 13.6 Å². The van der Waals surface area contributed by atoms with Gasteiger partial charge >= 0.3 is 5.97 Å². The molecule has 0 bridgehead atoms. The Balaban J connectivity index is 5.40. The summed E-state index contributed by atoms with van der Waals surface area (Å²) in [7, 11) is -3.86. The highest BCUT2D eigenvalue weighted by Crippen LogP contribution is 2.40. The lowest BCUT2D eigenvalue weighted by Gasteiger charge is -2.41. The fourth-order valence-corrected chi connectivity index (χ4v) is 7.66. The minimum Gasteiger partial charge on any atom is -0.463 e. The largest absolute Gasteiger partial charge is 0.463 e. The first-order valence-electron chi connectivity index (χ1n) is 15.9. The monoisotopic (exact) mass is 598 g/mol. The van der Waals surface area contributed by atoms with Gasteiger partial charge in [-0.15, -0.1) is 6.58 Å². The van der Waals surface area contributed by atoms with Crippen molar-refractivity contribution < 1.29 is 18.4 Å². The first kappa shape index (κ1) is 39.6. The zero-order valence-corrected chi connectivity index (χ0v) is 31.9. The van der Waals surface area contributed by atoms with Gasteiger partial charge in [-0.05, 0) is 106 Å². The van der Waals surface area contributed by atoms with Gasteiger partial charge in [0.25, 0.3) is 0 Å². The second kappa shape index (κ2) is 15.3. The van der Waals surface area contributed by atoms with Gasteiger partial charge in [-0.25, -0.2) is 0 Å². The Kier molecular flexibility index (Phi) is 15.2. The van der Waals surface area contributed by atoms with Crippen molar-refractivity contribution in [1.29, 1.82) is 0 Å². The lowest BCUT2D eigenvalue weighted by Crippen LogP contribution is -2.47. The minimum absolute atomic E-state index is 0.0844. The molecule has 0 heterocycles. The van der Waals surface area contributed by atoms with Crippen LogP contribution < -0.4 is 0 Å². The van der Waals surface area contributed by atoms with Crippen LogP contribution in [0.5, 0.6) is 0 Å². The molecule has 0 aliphatic carbocycles. The summed E-state index contributed by atoms with van der Waals surface area (Å²) in [5, 5.41) is 0.302. The number of carbonyl (C=O) groups is 1. The van der Waals surface area contributed by atoms with Gasteiger partial charge in [0.1, 0.15) is 6.61 Å². The molecule has 0 aromatic carbocycles. The van der Waals surface area contributed by atoms with Crippen LogP contribution in [0, 0.1) is 29.1 Å². The summed E-state index contributed by atoms with van der Waals surface area (Å²) in [5.74, 6) is 1.79. The predicted molar refractivity (Wildman–Crippen MR) is 180 cm³/mol. The topological polar surface area (TPSA) is 44.8 Å². The normalized spacial score (nSPS) is 18.4. The SMILES string of the molecule is C=CC[C@H](O[Si](C)(C)C(C)(C)C)[C@@H](C)C[C@@H](C)C[C@@H](C)C[C@H](C)[C@H](COC(=O)C(C)(C)C)O[Si](C)(C)C(C)(C)C. The number of esters is 1. The Labute approximate surface area is 253 Å². The molecule has 0 aliphatic heterocycles. The van der Waals surface area contributed by atoms with Crippen LogP contribution in [0.15, 0.2) is 12.7 Å². The molecule has 0 aromatic heterocycles. The smallest absolute Gasteiger partial charge is 0.311 e. The van der Waals surface area contributed by atoms with Crippen molar-refractivity contribution in [3.05, 3.63) is 12.7 Å². The van der Waals surface area contributed by atoms with E-state index < -0.39 is 22.0 Å². The van der Waals surface area contributed by atoms with E-state index in [1.807, 2.05) is 26.8 Å². The zero-order chi connectivity index (χ0) is 31.9. The van der Waals surface area contributed by atoms with Crippen molar-refractivity contribution in [2.75, 3.05) is 6.61 Å². The van der Waals surface area contributed by atoms with E-state index >= 15 is 0 Å². The summed E-state index contributed by atoms with van der Waals surface area (Å²) < 4.78 is 19.5. The van der Waals surface area contributed by atoms with Crippen molar-refractivity contribution in [2.45, 2.75) is 164 Å². The van der Waals surface area contributed by atoms with Gasteiger partial charge in [-0.2, -0.15) is 0 Å². The second-order valence-electron chi connectivity index (χ2n) is 17.1. The molecular weight excluding hydrogens is 529 g/mol. The molecule has 0 saturated carbocycles. The number of rotatable bonds is 16. The van der Waals surface area contributed by atoms with E-state index in [0.717, 1.165) is 19.3 Å². The van der Waals surface area contributed by atoms with Crippen LogP contribution in [0.1, 0.15) is 116 Å². The molecule has 0 N–H and O–H groups in total. The third-order valence-corrected chi connectivity index (χ3v) is 18.5. The summed E-state index contributed by atoms with van der Waals surface area (Å²) in [6.45, 7) is 42.5. The maximum atomic E-state index is 12.6. The molecule has 0 amide bonds. The lowest BCUT2D eigenvalue weighted by molar-refractivity contribution is -0.156. The maximum Gasteiger partial charge on any atom is 0.311 e. The zero-order valence-electron chi connectivity index (χ0n) is 29.9. The molecule has 0 unspecified atom stereocenters. The average Bonchev–Trinajstić information content (AvgIpc) is 2.73. The summed E-state index contributed by atoms with van der Waals surface area (Å²) in [4.78, 5) is 12.6. The van der Waals surface area contributed by atoms with Crippen LogP contribution >= 0.6 is 0 Å². The van der Waals surface area contributed by atoms with Gasteiger partial charge in [-0.1, -0.05) is 75.3 Å². The lowest BCUT2D eigenvalue weighted by atomic mass is 9.83. The van der Waals surface area contributed by atoms with Crippen LogP contribution in [0.3, 0.4) is 0 Å². The molecule has 0 aliphatic rings. The molecule has 4 nitrogen and oxygen atoms in total. The van der Waals surface area contributed by atoms with Gasteiger partial charge in [-0.3, -0.25) is 4.79 Å². The van der Waals surface area contributed by atoms with Gasteiger partial charge in [0, 0.05) is 0 Å². The van der Waals surface area contributed by atoms with Crippen molar-refractivity contribution in [3.63, 3.8) is 0 Å². The predicted octanol–water partition coefficient (Wildman–Crippen LogP) is 10.6. The number of carbonyl (C=O) groups excluding carboxylic acids is 1. The Morgan fingerprint density at radius 3 is 1.43 bits per heavy atom. The highest BCUT2D eigenvalue weighted by molar-refractivity contribution is 6.74. The van der Waals surface area contributed by atoms with Gasteiger partial charge in [0.15, 0.2) is 16.6 Å². The first-order valence-corrected chi connectivity index (χ1v) is 21.7. The minimum atomic E-state index is -2.02. The molecule has 0 saturated heterocycles. The molecular formula is C34H70O4Si2. The Hall–Kier alpha value is -0.436. The molecule has 6 heteroatoms. The highest BCUT2D eigenvalue weighted by atomic mass is 28.4. The maximum absolute atomic E-state index is 12.6. The van der Waals surface area contributed by atoms with Crippen molar-refractivity contribution >= 4 is 22.6 Å². The molecule has 0 fully saturated rings. The van der Waals surface area contributed by atoms with Gasteiger partial charge in [0.05, 0.1) is 17.6 Å². The molecule has 238 valence electrons. The summed E-state index contributed by atoms with van der Waals surface area (Å²) in [6.07, 6.45) is 6.46. The van der Waals surface area contributed by atoms with E-state index in [0.29, 0.717) is 30.3 Å². The van der Waals surface area contributed by atoms with Crippen LogP contribution in [0.2, 0.25) is 36.3 Å². The van der Waals surface area contributed by atoms with Crippen molar-refractivity contribution in [2.24, 2.45) is 29.1 Å². The quantitative estimate of drug-likeness (QED) is 0.101. The Morgan fingerprint density at radius 1 is 0.700 bits per heavy atom. The fourth-order valence-electron chi connectivity index (χ4n) is 4.81. The summed E-state index contributed by atoms with van der Waals surface area (Å²) in [6, 6.07) is 0. The molecule has 0 spiro atoms. The van der Waals surface area contributed by atoms with E-state index in [1.54, 1.807) is 0 Å². The van der Waals surface area contributed by atoms with Crippen molar-refractivity contribution in [3.8, 4) is 0 Å². The van der Waals surface area contributed by atoms with E-state index in [4.69, 9.17) is 13.6 Å². The molecule has 0 rings (SSSR count). The van der Waals surface area contributed by atoms with E-state index in [1.165, 1.54) is 6.42 Å². The van der Waals surface area contributed by atoms with Crippen LogP contribution in [0.4, 0.5) is 0 Å². The van der Waals surface area contributed by atoms with E-state index in [9.17, 15) is 4.79 Å².